The maximum absolute atomic E-state index is 13.7. The van der Waals surface area contributed by atoms with E-state index in [-0.39, 0.29) is 60.4 Å². The molecule has 0 saturated heterocycles. The van der Waals surface area contributed by atoms with Gasteiger partial charge in [0.25, 0.3) is 17.7 Å². The van der Waals surface area contributed by atoms with Crippen LogP contribution in [0.3, 0.4) is 0 Å². The fraction of sp³-hybridized carbons (Fsp3) is 0.286. The van der Waals surface area contributed by atoms with Crippen LogP contribution in [0.4, 0.5) is 5.69 Å². The summed E-state index contributed by atoms with van der Waals surface area (Å²) in [6, 6.07) is 16.0. The number of amides is 3. The largest absolute Gasteiger partial charge is 0.491 e. The first-order valence-electron chi connectivity index (χ1n) is 12.6. The van der Waals surface area contributed by atoms with Crippen LogP contribution < -0.4 is 14.8 Å². The zero-order valence-corrected chi connectivity index (χ0v) is 22.9. The van der Waals surface area contributed by atoms with E-state index in [4.69, 9.17) is 14.2 Å². The van der Waals surface area contributed by atoms with Gasteiger partial charge >= 0.3 is 0 Å². The van der Waals surface area contributed by atoms with Crippen LogP contribution in [0.1, 0.15) is 51.4 Å². The summed E-state index contributed by atoms with van der Waals surface area (Å²) in [6.45, 7) is 2.02. The number of pyridine rings is 1. The van der Waals surface area contributed by atoms with Gasteiger partial charge in [0.1, 0.15) is 17.3 Å². The first-order chi connectivity index (χ1) is 19.3. The van der Waals surface area contributed by atoms with Gasteiger partial charge in [0.15, 0.2) is 5.75 Å². The molecule has 2 heterocycles. The van der Waals surface area contributed by atoms with Crippen LogP contribution in [0.5, 0.6) is 11.6 Å². The van der Waals surface area contributed by atoms with E-state index >= 15 is 0 Å². The minimum absolute atomic E-state index is 0.0129. The molecule has 40 heavy (non-hydrogen) atoms. The van der Waals surface area contributed by atoms with Crippen LogP contribution in [-0.2, 0) is 26.8 Å². The fourth-order valence-corrected chi connectivity index (χ4v) is 4.83. The molecule has 1 aliphatic heterocycles. The van der Waals surface area contributed by atoms with E-state index in [9.17, 15) is 22.8 Å². The first-order valence-corrected chi connectivity index (χ1v) is 13.9. The third kappa shape index (κ3) is 6.46. The van der Waals surface area contributed by atoms with E-state index in [1.165, 1.54) is 19.2 Å². The Balaban J connectivity index is 1.59. The summed E-state index contributed by atoms with van der Waals surface area (Å²) in [7, 11) is -1.34. The Kier molecular flexibility index (Phi) is 9.46. The van der Waals surface area contributed by atoms with E-state index < -0.39 is 34.5 Å². The highest BCUT2D eigenvalue weighted by Crippen LogP contribution is 2.37. The quantitative estimate of drug-likeness (QED) is 0.236. The topological polar surface area (TPSA) is 141 Å². The van der Waals surface area contributed by atoms with Crippen molar-refractivity contribution in [3.05, 3.63) is 83.0 Å². The third-order valence-corrected chi connectivity index (χ3v) is 6.77. The molecular weight excluding hydrogens is 538 g/mol. The van der Waals surface area contributed by atoms with Crippen LogP contribution in [0.15, 0.2) is 60.7 Å². The van der Waals surface area contributed by atoms with Gasteiger partial charge in [0, 0.05) is 5.75 Å². The molecule has 1 atom stereocenters. The number of aromatic nitrogens is 1. The lowest BCUT2D eigenvalue weighted by atomic mass is 10.1. The van der Waals surface area contributed by atoms with Crippen molar-refractivity contribution in [1.29, 1.82) is 0 Å². The molecule has 1 aliphatic rings. The Hall–Kier alpha value is -4.29. The smallest absolute Gasteiger partial charge is 0.264 e. The summed E-state index contributed by atoms with van der Waals surface area (Å²) in [6.07, 6.45) is -0.0793. The number of imide groups is 1. The van der Waals surface area contributed by atoms with Gasteiger partial charge in [-0.3, -0.25) is 19.3 Å². The number of benzene rings is 2. The molecule has 1 unspecified atom stereocenters. The highest BCUT2D eigenvalue weighted by atomic mass is 32.2. The Labute approximate surface area is 233 Å². The second-order valence-corrected chi connectivity index (χ2v) is 9.89. The number of rotatable bonds is 13. The van der Waals surface area contributed by atoms with Gasteiger partial charge in [0.2, 0.25) is 5.91 Å². The molecule has 0 bridgehead atoms. The molecule has 1 N–H and O–H groups in total. The number of nitrogens with one attached hydrogen (secondary N) is 1. The number of ether oxygens (including phenoxy) is 3. The van der Waals surface area contributed by atoms with Crippen molar-refractivity contribution < 1.29 is 37.0 Å². The normalized spacial score (nSPS) is 13.3. The van der Waals surface area contributed by atoms with Crippen molar-refractivity contribution in [2.45, 2.75) is 26.0 Å². The molecular formula is C28H29N3O8S. The van der Waals surface area contributed by atoms with Gasteiger partial charge in [-0.2, -0.15) is 0 Å². The molecule has 1 aromatic heterocycles. The minimum Gasteiger partial charge on any atom is -0.491 e. The molecule has 2 aromatic carbocycles. The monoisotopic (exact) mass is 567 g/mol. The molecule has 0 radical (unpaired) electrons. The van der Waals surface area contributed by atoms with E-state index in [1.807, 2.05) is 30.3 Å². The molecule has 12 heteroatoms. The number of fused-ring (bicyclic) bond motifs is 1. The number of hydrogen-bond donors (Lipinski definition) is 2. The minimum atomic E-state index is -2.79. The fourth-order valence-electron chi connectivity index (χ4n) is 4.37. The van der Waals surface area contributed by atoms with E-state index in [1.54, 1.807) is 25.1 Å². The maximum atomic E-state index is 13.7. The number of methoxy groups -OCH3 is 1. The first kappa shape index (κ1) is 28.7. The van der Waals surface area contributed by atoms with Gasteiger partial charge in [-0.25, -0.2) is 13.4 Å². The van der Waals surface area contributed by atoms with E-state index in [0.717, 1.165) is 10.5 Å². The van der Waals surface area contributed by atoms with Gasteiger partial charge in [-0.05, 0) is 43.2 Å². The summed E-state index contributed by atoms with van der Waals surface area (Å²) in [5.41, 5.74) is 1.41. The third-order valence-electron chi connectivity index (χ3n) is 6.15. The molecule has 11 nitrogen and oxygen atoms in total. The van der Waals surface area contributed by atoms with Gasteiger partial charge in [0.05, 0.1) is 48.9 Å². The Morgan fingerprint density at radius 3 is 2.50 bits per heavy atom. The molecule has 3 aromatic rings. The second-order valence-electron chi connectivity index (χ2n) is 8.77. The summed E-state index contributed by atoms with van der Waals surface area (Å²) in [4.78, 5) is 45.2. The summed E-state index contributed by atoms with van der Waals surface area (Å²) >= 11 is 0. The predicted octanol–water partition coefficient (Wildman–Crippen LogP) is 2.98. The Bertz CT molecular complexity index is 1470. The van der Waals surface area contributed by atoms with Crippen molar-refractivity contribution >= 4 is 34.1 Å². The van der Waals surface area contributed by atoms with Crippen molar-refractivity contribution in [1.82, 2.24) is 9.88 Å². The lowest BCUT2D eigenvalue weighted by Crippen LogP contribution is -2.35. The van der Waals surface area contributed by atoms with Gasteiger partial charge < -0.3 is 19.5 Å². The van der Waals surface area contributed by atoms with Crippen LogP contribution in [0.2, 0.25) is 0 Å². The van der Waals surface area contributed by atoms with Gasteiger partial charge in [-0.15, -0.1) is 0 Å². The predicted molar refractivity (Wildman–Crippen MR) is 146 cm³/mol. The second kappa shape index (κ2) is 13.2. The highest BCUT2D eigenvalue weighted by Gasteiger charge is 2.43. The summed E-state index contributed by atoms with van der Waals surface area (Å²) in [5.74, 6) is -1.59. The van der Waals surface area contributed by atoms with Crippen LogP contribution >= 0.6 is 0 Å². The Morgan fingerprint density at radius 1 is 1.02 bits per heavy atom. The van der Waals surface area contributed by atoms with Gasteiger partial charge in [-0.1, -0.05) is 36.4 Å². The lowest BCUT2D eigenvalue weighted by molar-refractivity contribution is -0.121. The molecule has 0 fully saturated rings. The molecule has 0 spiro atoms. The summed E-state index contributed by atoms with van der Waals surface area (Å²) < 4.78 is 39.3. The lowest BCUT2D eigenvalue weighted by Gasteiger charge is -2.26. The standard InChI is InChI=1S/C28H29N3O8S/c1-3-39-26-23(37-2)13-12-20(30-26)22(14-15-40(35)36)31-27(33)19-10-7-11-21(25(19)28(31)34)29-24(32)17-38-16-18-8-5-4-6-9-18/h4-13,22,40H,3,14-17H2,1-2H3,(H,29,32). The van der Waals surface area contributed by atoms with Crippen molar-refractivity contribution in [2.75, 3.05) is 31.4 Å². The average Bonchev–Trinajstić information content (AvgIpc) is 3.20. The zero-order valence-electron chi connectivity index (χ0n) is 22.0. The number of nitrogens with zero attached hydrogens (tertiary/aromatic N) is 2. The maximum Gasteiger partial charge on any atom is 0.264 e. The van der Waals surface area contributed by atoms with Crippen molar-refractivity contribution in [3.8, 4) is 11.6 Å². The number of carbonyl (C=O) groups is 3. The molecule has 4 rings (SSSR count). The zero-order chi connectivity index (χ0) is 28.6. The van der Waals surface area contributed by atoms with Crippen LogP contribution in [-0.4, -0.2) is 62.1 Å². The molecule has 0 aliphatic carbocycles. The van der Waals surface area contributed by atoms with Crippen LogP contribution in [0.25, 0.3) is 0 Å². The molecule has 3 amide bonds. The molecule has 210 valence electrons. The van der Waals surface area contributed by atoms with Crippen molar-refractivity contribution in [3.63, 3.8) is 0 Å². The average molecular weight is 568 g/mol. The molecule has 0 saturated carbocycles. The number of thiol groups is 1. The van der Waals surface area contributed by atoms with Crippen molar-refractivity contribution in [2.24, 2.45) is 0 Å². The highest BCUT2D eigenvalue weighted by molar-refractivity contribution is 7.72. The number of hydrogen-bond acceptors (Lipinski definition) is 9. The van der Waals surface area contributed by atoms with E-state index in [2.05, 4.69) is 10.3 Å². The number of carbonyl (C=O) groups excluding carboxylic acids is 3. The van der Waals surface area contributed by atoms with Crippen LogP contribution in [0, 0.1) is 0 Å². The Morgan fingerprint density at radius 2 is 1.80 bits per heavy atom. The number of anilines is 1. The summed E-state index contributed by atoms with van der Waals surface area (Å²) in [5, 5.41) is 2.66. The SMILES string of the molecule is CCOc1nc(C(CC[SH](=O)=O)N2C(=O)c3cccc(NC(=O)COCc4ccccc4)c3C2=O)ccc1OC. The van der Waals surface area contributed by atoms with E-state index in [0.29, 0.717) is 5.75 Å².